The minimum atomic E-state index is 0.387. The summed E-state index contributed by atoms with van der Waals surface area (Å²) >= 11 is 11.9. The van der Waals surface area contributed by atoms with Crippen molar-refractivity contribution in [1.82, 2.24) is 19.7 Å². The van der Waals surface area contributed by atoms with Crippen molar-refractivity contribution >= 4 is 29.0 Å². The van der Waals surface area contributed by atoms with Crippen molar-refractivity contribution in [3.05, 3.63) is 35.0 Å². The van der Waals surface area contributed by atoms with E-state index in [0.717, 1.165) is 30.3 Å². The number of rotatable bonds is 2. The first-order chi connectivity index (χ1) is 8.78. The minimum absolute atomic E-state index is 0.387. The summed E-state index contributed by atoms with van der Waals surface area (Å²) in [6, 6.07) is 1.93. The second-order valence-corrected chi connectivity index (χ2v) is 4.80. The molecule has 5 nitrogen and oxygen atoms in total. The summed E-state index contributed by atoms with van der Waals surface area (Å²) in [4.78, 5) is 6.49. The van der Waals surface area contributed by atoms with Crippen LogP contribution in [0.1, 0.15) is 11.4 Å². The molecule has 0 aromatic carbocycles. The number of alkyl halides is 1. The Kier molecular flexibility index (Phi) is 3.09. The Morgan fingerprint density at radius 2 is 2.22 bits per heavy atom. The van der Waals surface area contributed by atoms with Crippen LogP contribution in [0, 0.1) is 0 Å². The molecular weight excluding hydrogens is 273 g/mol. The lowest BCUT2D eigenvalue weighted by Gasteiger charge is -2.28. The smallest absolute Gasteiger partial charge is 0.152 e. The van der Waals surface area contributed by atoms with E-state index in [9.17, 15) is 0 Å². The van der Waals surface area contributed by atoms with E-state index in [4.69, 9.17) is 23.2 Å². The Morgan fingerprint density at radius 3 is 3.06 bits per heavy atom. The molecule has 1 aliphatic rings. The van der Waals surface area contributed by atoms with Crippen LogP contribution in [-0.4, -0.2) is 26.3 Å². The topological polar surface area (TPSA) is 46.8 Å². The predicted molar refractivity (Wildman–Crippen MR) is 69.9 cm³/mol. The summed E-state index contributed by atoms with van der Waals surface area (Å²) in [5.41, 5.74) is 0.898. The van der Waals surface area contributed by atoms with Crippen LogP contribution in [-0.2, 0) is 19.0 Å². The van der Waals surface area contributed by atoms with Gasteiger partial charge in [0.2, 0.25) is 0 Å². The third-order valence-electron chi connectivity index (χ3n) is 3.03. The molecule has 0 radical (unpaired) electrons. The van der Waals surface area contributed by atoms with Gasteiger partial charge in [0.25, 0.3) is 0 Å². The monoisotopic (exact) mass is 283 g/mol. The SMILES string of the molecule is ClCc1cc(N2CCn3cnnc3C2)ncc1Cl. The van der Waals surface area contributed by atoms with E-state index in [2.05, 4.69) is 24.6 Å². The number of fused-ring (bicyclic) bond motifs is 1. The molecule has 2 aromatic heterocycles. The average molecular weight is 284 g/mol. The molecule has 0 saturated heterocycles. The van der Waals surface area contributed by atoms with Gasteiger partial charge in [0.15, 0.2) is 5.82 Å². The molecule has 1 aliphatic heterocycles. The molecule has 0 N–H and O–H groups in total. The number of anilines is 1. The van der Waals surface area contributed by atoms with Gasteiger partial charge in [-0.25, -0.2) is 4.98 Å². The largest absolute Gasteiger partial charge is 0.347 e. The van der Waals surface area contributed by atoms with Gasteiger partial charge in [0.05, 0.1) is 11.6 Å². The summed E-state index contributed by atoms with van der Waals surface area (Å²) in [7, 11) is 0. The van der Waals surface area contributed by atoms with Gasteiger partial charge in [-0.05, 0) is 11.6 Å². The normalized spacial score (nSPS) is 14.7. The fourth-order valence-electron chi connectivity index (χ4n) is 2.00. The summed E-state index contributed by atoms with van der Waals surface area (Å²) in [6.45, 7) is 2.45. The molecule has 0 unspecified atom stereocenters. The van der Waals surface area contributed by atoms with E-state index in [0.29, 0.717) is 17.4 Å². The van der Waals surface area contributed by atoms with Gasteiger partial charge in [0.1, 0.15) is 12.1 Å². The van der Waals surface area contributed by atoms with Crippen molar-refractivity contribution in [3.63, 3.8) is 0 Å². The Morgan fingerprint density at radius 1 is 1.33 bits per heavy atom. The molecule has 0 saturated carbocycles. The highest BCUT2D eigenvalue weighted by Crippen LogP contribution is 2.24. The Balaban J connectivity index is 1.88. The summed E-state index contributed by atoms with van der Waals surface area (Å²) < 4.78 is 2.05. The third kappa shape index (κ3) is 2.04. The molecule has 0 bridgehead atoms. The maximum absolute atomic E-state index is 6.01. The predicted octanol–water partition coefficient (Wildman–Crippen LogP) is 2.09. The first-order valence-electron chi connectivity index (χ1n) is 5.60. The van der Waals surface area contributed by atoms with E-state index in [1.54, 1.807) is 12.5 Å². The fraction of sp³-hybridized carbons (Fsp3) is 0.364. The van der Waals surface area contributed by atoms with Gasteiger partial charge in [-0.15, -0.1) is 21.8 Å². The standard InChI is InChI=1S/C11H11Cl2N5/c12-4-8-3-10(14-5-9(8)13)17-1-2-18-7-15-16-11(18)6-17/h3,5,7H,1-2,4,6H2. The molecule has 3 rings (SSSR count). The molecule has 2 aromatic rings. The zero-order valence-corrected chi connectivity index (χ0v) is 11.1. The van der Waals surface area contributed by atoms with E-state index in [-0.39, 0.29) is 0 Å². The molecule has 0 aliphatic carbocycles. The minimum Gasteiger partial charge on any atom is -0.347 e. The fourth-order valence-corrected chi connectivity index (χ4v) is 2.46. The molecule has 0 spiro atoms. The lowest BCUT2D eigenvalue weighted by Crippen LogP contribution is -2.34. The second kappa shape index (κ2) is 4.74. The van der Waals surface area contributed by atoms with E-state index >= 15 is 0 Å². The van der Waals surface area contributed by atoms with Gasteiger partial charge in [-0.2, -0.15) is 0 Å². The number of nitrogens with zero attached hydrogens (tertiary/aromatic N) is 5. The van der Waals surface area contributed by atoms with E-state index < -0.39 is 0 Å². The van der Waals surface area contributed by atoms with Crippen LogP contribution in [0.3, 0.4) is 0 Å². The Labute approximate surface area is 114 Å². The van der Waals surface area contributed by atoms with Crippen molar-refractivity contribution in [2.75, 3.05) is 11.4 Å². The van der Waals surface area contributed by atoms with E-state index in [1.807, 2.05) is 6.07 Å². The molecule has 0 fully saturated rings. The van der Waals surface area contributed by atoms with Crippen molar-refractivity contribution in [3.8, 4) is 0 Å². The lowest BCUT2D eigenvalue weighted by molar-refractivity contribution is 0.556. The van der Waals surface area contributed by atoms with Gasteiger partial charge >= 0.3 is 0 Å². The summed E-state index contributed by atoms with van der Waals surface area (Å²) in [5.74, 6) is 2.22. The van der Waals surface area contributed by atoms with Crippen LogP contribution in [0.25, 0.3) is 0 Å². The molecule has 0 amide bonds. The van der Waals surface area contributed by atoms with Crippen molar-refractivity contribution < 1.29 is 0 Å². The molecule has 0 atom stereocenters. The van der Waals surface area contributed by atoms with Crippen LogP contribution in [0.5, 0.6) is 0 Å². The zero-order chi connectivity index (χ0) is 12.5. The molecule has 18 heavy (non-hydrogen) atoms. The average Bonchev–Trinajstić information content (AvgIpc) is 2.86. The van der Waals surface area contributed by atoms with Crippen molar-refractivity contribution in [1.29, 1.82) is 0 Å². The number of halogens is 2. The first-order valence-corrected chi connectivity index (χ1v) is 6.51. The van der Waals surface area contributed by atoms with Crippen molar-refractivity contribution in [2.24, 2.45) is 0 Å². The number of pyridine rings is 1. The first kappa shape index (κ1) is 11.7. The Bertz CT molecular complexity index is 568. The number of hydrogen-bond donors (Lipinski definition) is 0. The highest BCUT2D eigenvalue weighted by Gasteiger charge is 2.19. The number of hydrogen-bond acceptors (Lipinski definition) is 4. The second-order valence-electron chi connectivity index (χ2n) is 4.13. The van der Waals surface area contributed by atoms with Crippen LogP contribution < -0.4 is 4.90 Å². The van der Waals surface area contributed by atoms with Crippen LogP contribution >= 0.6 is 23.2 Å². The highest BCUT2D eigenvalue weighted by molar-refractivity contribution is 6.32. The maximum atomic E-state index is 6.01. The quantitative estimate of drug-likeness (QED) is 0.792. The lowest BCUT2D eigenvalue weighted by atomic mass is 10.2. The maximum Gasteiger partial charge on any atom is 0.152 e. The molecule has 3 heterocycles. The third-order valence-corrected chi connectivity index (χ3v) is 3.66. The number of aromatic nitrogens is 4. The van der Waals surface area contributed by atoms with E-state index in [1.165, 1.54) is 0 Å². The van der Waals surface area contributed by atoms with Gasteiger partial charge < -0.3 is 9.47 Å². The molecule has 7 heteroatoms. The highest BCUT2D eigenvalue weighted by atomic mass is 35.5. The Hall–Kier alpha value is -1.33. The van der Waals surface area contributed by atoms with Gasteiger partial charge in [-0.3, -0.25) is 0 Å². The van der Waals surface area contributed by atoms with Crippen LogP contribution in [0.2, 0.25) is 5.02 Å². The van der Waals surface area contributed by atoms with Crippen LogP contribution in [0.15, 0.2) is 18.6 Å². The zero-order valence-electron chi connectivity index (χ0n) is 9.55. The summed E-state index contributed by atoms with van der Waals surface area (Å²) in [5, 5.41) is 8.59. The van der Waals surface area contributed by atoms with Crippen molar-refractivity contribution in [2.45, 2.75) is 19.0 Å². The summed E-state index contributed by atoms with van der Waals surface area (Å²) in [6.07, 6.45) is 3.40. The van der Waals surface area contributed by atoms with Gasteiger partial charge in [-0.1, -0.05) is 11.6 Å². The van der Waals surface area contributed by atoms with Crippen LogP contribution in [0.4, 0.5) is 5.82 Å². The molecular formula is C11H11Cl2N5. The molecule has 94 valence electrons. The van der Waals surface area contributed by atoms with Gasteiger partial charge in [0, 0.05) is 25.2 Å².